The lowest BCUT2D eigenvalue weighted by Gasteiger charge is -2.25. The normalized spacial score (nSPS) is 18.5. The summed E-state index contributed by atoms with van der Waals surface area (Å²) in [5, 5.41) is 8.06. The van der Waals surface area contributed by atoms with Crippen molar-refractivity contribution in [3.8, 4) is 0 Å². The minimum absolute atomic E-state index is 0.342. The lowest BCUT2D eigenvalue weighted by Crippen LogP contribution is -2.24. The molecule has 0 radical (unpaired) electrons. The van der Waals surface area contributed by atoms with E-state index in [1.165, 1.54) is 5.56 Å². The predicted molar refractivity (Wildman–Crippen MR) is 67.1 cm³/mol. The van der Waals surface area contributed by atoms with E-state index in [4.69, 9.17) is 0 Å². The van der Waals surface area contributed by atoms with Gasteiger partial charge in [-0.3, -0.25) is 4.98 Å². The maximum absolute atomic E-state index is 4.66. The van der Waals surface area contributed by atoms with Gasteiger partial charge in [-0.1, -0.05) is 6.92 Å². The lowest BCUT2D eigenvalue weighted by atomic mass is 10.0. The van der Waals surface area contributed by atoms with Gasteiger partial charge >= 0.3 is 0 Å². The quantitative estimate of drug-likeness (QED) is 0.857. The fourth-order valence-corrected chi connectivity index (χ4v) is 2.34. The summed E-state index contributed by atoms with van der Waals surface area (Å²) in [4.78, 5) is 4.07. The van der Waals surface area contributed by atoms with Gasteiger partial charge in [-0.05, 0) is 30.5 Å². The molecular formula is C13H16N4. The van der Waals surface area contributed by atoms with E-state index in [0.29, 0.717) is 6.04 Å². The monoisotopic (exact) mass is 228 g/mol. The van der Waals surface area contributed by atoms with E-state index < -0.39 is 0 Å². The zero-order chi connectivity index (χ0) is 11.7. The molecule has 3 heterocycles. The molecule has 0 aromatic carbocycles. The van der Waals surface area contributed by atoms with Crippen LogP contribution in [0.25, 0.3) is 0 Å². The number of pyridine rings is 1. The fraction of sp³-hybridized carbons (Fsp3) is 0.385. The summed E-state index contributed by atoms with van der Waals surface area (Å²) in [5.74, 6) is 1.13. The number of hydrogen-bond donors (Lipinski definition) is 1. The highest BCUT2D eigenvalue weighted by atomic mass is 15.4. The molecule has 0 fully saturated rings. The summed E-state index contributed by atoms with van der Waals surface area (Å²) in [6, 6.07) is 6.64. The van der Waals surface area contributed by atoms with Crippen molar-refractivity contribution >= 4 is 5.82 Å². The maximum atomic E-state index is 4.66. The van der Waals surface area contributed by atoms with Gasteiger partial charge in [0.15, 0.2) is 0 Å². The number of fused-ring (bicyclic) bond motifs is 1. The second kappa shape index (κ2) is 4.20. The van der Waals surface area contributed by atoms with E-state index in [1.54, 1.807) is 0 Å². The molecule has 4 heteroatoms. The molecule has 0 aliphatic carbocycles. The molecule has 0 amide bonds. The Labute approximate surface area is 101 Å². The first-order chi connectivity index (χ1) is 8.38. The highest BCUT2D eigenvalue weighted by Crippen LogP contribution is 2.29. The number of aryl methyl sites for hydroxylation is 1. The van der Waals surface area contributed by atoms with Crippen LogP contribution in [-0.4, -0.2) is 21.3 Å². The van der Waals surface area contributed by atoms with Gasteiger partial charge in [0.2, 0.25) is 0 Å². The zero-order valence-electron chi connectivity index (χ0n) is 9.93. The van der Waals surface area contributed by atoms with E-state index in [9.17, 15) is 0 Å². The molecule has 1 atom stereocenters. The molecule has 0 spiro atoms. The van der Waals surface area contributed by atoms with E-state index in [1.807, 2.05) is 12.4 Å². The van der Waals surface area contributed by atoms with E-state index >= 15 is 0 Å². The smallest absolute Gasteiger partial charge is 0.125 e. The van der Waals surface area contributed by atoms with Gasteiger partial charge in [0.05, 0.1) is 11.7 Å². The standard InChI is InChI=1S/C13H16N4/c1-2-11-9-13-15-8-5-12(17(13)16-11)10-3-6-14-7-4-10/h3-4,6-7,9,12,15H,2,5,8H2,1H3. The number of aromatic nitrogens is 3. The summed E-state index contributed by atoms with van der Waals surface area (Å²) in [6.45, 7) is 3.14. The Morgan fingerprint density at radius 1 is 1.41 bits per heavy atom. The first kappa shape index (κ1) is 10.3. The van der Waals surface area contributed by atoms with Gasteiger partial charge < -0.3 is 5.32 Å². The molecule has 88 valence electrons. The molecule has 0 saturated heterocycles. The predicted octanol–water partition coefficient (Wildman–Crippen LogP) is 2.25. The Morgan fingerprint density at radius 3 is 3.00 bits per heavy atom. The molecule has 2 aromatic rings. The van der Waals surface area contributed by atoms with Crippen molar-refractivity contribution in [1.29, 1.82) is 0 Å². The van der Waals surface area contributed by atoms with Gasteiger partial charge in [-0.2, -0.15) is 5.10 Å². The van der Waals surface area contributed by atoms with Crippen LogP contribution in [0.15, 0.2) is 30.6 Å². The third kappa shape index (κ3) is 1.79. The Hall–Kier alpha value is -1.84. The van der Waals surface area contributed by atoms with Crippen LogP contribution < -0.4 is 5.32 Å². The molecule has 1 unspecified atom stereocenters. The van der Waals surface area contributed by atoms with Crippen molar-refractivity contribution in [2.45, 2.75) is 25.8 Å². The van der Waals surface area contributed by atoms with E-state index in [2.05, 4.69) is 45.2 Å². The lowest BCUT2D eigenvalue weighted by molar-refractivity contribution is 0.478. The minimum Gasteiger partial charge on any atom is -0.370 e. The first-order valence-corrected chi connectivity index (χ1v) is 6.10. The molecule has 1 aliphatic heterocycles. The van der Waals surface area contributed by atoms with Crippen LogP contribution in [0.4, 0.5) is 5.82 Å². The van der Waals surface area contributed by atoms with Crippen molar-refractivity contribution in [2.24, 2.45) is 0 Å². The SMILES string of the molecule is CCc1cc2n(n1)C(c1ccncc1)CCN2. The van der Waals surface area contributed by atoms with Crippen LogP contribution in [0.5, 0.6) is 0 Å². The van der Waals surface area contributed by atoms with Crippen LogP contribution in [0, 0.1) is 0 Å². The zero-order valence-corrected chi connectivity index (χ0v) is 9.93. The summed E-state index contributed by atoms with van der Waals surface area (Å²) >= 11 is 0. The molecule has 17 heavy (non-hydrogen) atoms. The van der Waals surface area contributed by atoms with Crippen molar-refractivity contribution in [3.05, 3.63) is 41.9 Å². The second-order valence-corrected chi connectivity index (χ2v) is 4.33. The Kier molecular flexibility index (Phi) is 2.55. The summed E-state index contributed by atoms with van der Waals surface area (Å²) in [7, 11) is 0. The van der Waals surface area contributed by atoms with Gasteiger partial charge in [0.25, 0.3) is 0 Å². The van der Waals surface area contributed by atoms with Crippen LogP contribution in [0.2, 0.25) is 0 Å². The van der Waals surface area contributed by atoms with Crippen molar-refractivity contribution in [2.75, 3.05) is 11.9 Å². The summed E-state index contributed by atoms with van der Waals surface area (Å²) in [6.07, 6.45) is 5.75. The van der Waals surface area contributed by atoms with Crippen molar-refractivity contribution < 1.29 is 0 Å². The summed E-state index contributed by atoms with van der Waals surface area (Å²) < 4.78 is 2.11. The van der Waals surface area contributed by atoms with Crippen LogP contribution >= 0.6 is 0 Å². The largest absolute Gasteiger partial charge is 0.370 e. The van der Waals surface area contributed by atoms with Gasteiger partial charge in [-0.25, -0.2) is 4.68 Å². The second-order valence-electron chi connectivity index (χ2n) is 4.33. The molecule has 0 bridgehead atoms. The highest BCUT2D eigenvalue weighted by molar-refractivity contribution is 5.41. The van der Waals surface area contributed by atoms with Crippen LogP contribution in [0.3, 0.4) is 0 Å². The first-order valence-electron chi connectivity index (χ1n) is 6.10. The molecule has 0 saturated carbocycles. The van der Waals surface area contributed by atoms with E-state index in [0.717, 1.165) is 30.9 Å². The van der Waals surface area contributed by atoms with Crippen molar-refractivity contribution in [3.63, 3.8) is 0 Å². The van der Waals surface area contributed by atoms with Gasteiger partial charge in [0.1, 0.15) is 5.82 Å². The molecule has 1 N–H and O–H groups in total. The Morgan fingerprint density at radius 2 is 2.24 bits per heavy atom. The third-order valence-corrected chi connectivity index (χ3v) is 3.26. The Bertz CT molecular complexity index is 503. The van der Waals surface area contributed by atoms with Gasteiger partial charge in [-0.15, -0.1) is 0 Å². The molecule has 2 aromatic heterocycles. The number of nitrogens with zero attached hydrogens (tertiary/aromatic N) is 3. The van der Waals surface area contributed by atoms with Crippen LogP contribution in [-0.2, 0) is 6.42 Å². The fourth-order valence-electron chi connectivity index (χ4n) is 2.34. The number of rotatable bonds is 2. The minimum atomic E-state index is 0.342. The highest BCUT2D eigenvalue weighted by Gasteiger charge is 2.22. The number of anilines is 1. The molecule has 4 nitrogen and oxygen atoms in total. The third-order valence-electron chi connectivity index (χ3n) is 3.26. The Balaban J connectivity index is 2.02. The summed E-state index contributed by atoms with van der Waals surface area (Å²) in [5.41, 5.74) is 2.43. The number of hydrogen-bond acceptors (Lipinski definition) is 3. The topological polar surface area (TPSA) is 42.7 Å². The van der Waals surface area contributed by atoms with Crippen LogP contribution in [0.1, 0.15) is 30.6 Å². The average molecular weight is 228 g/mol. The van der Waals surface area contributed by atoms with Gasteiger partial charge in [0, 0.05) is 25.0 Å². The maximum Gasteiger partial charge on any atom is 0.125 e. The average Bonchev–Trinajstić information content (AvgIpc) is 2.82. The molecule has 3 rings (SSSR count). The van der Waals surface area contributed by atoms with Crippen molar-refractivity contribution in [1.82, 2.24) is 14.8 Å². The van der Waals surface area contributed by atoms with E-state index in [-0.39, 0.29) is 0 Å². The number of nitrogens with one attached hydrogen (secondary N) is 1. The molecule has 1 aliphatic rings. The molecular weight excluding hydrogens is 212 g/mol.